The lowest BCUT2D eigenvalue weighted by Gasteiger charge is -1.91. The first-order chi connectivity index (χ1) is 5.75. The van der Waals surface area contributed by atoms with E-state index < -0.39 is 0 Å². The van der Waals surface area contributed by atoms with Gasteiger partial charge in [0.25, 0.3) is 0 Å². The predicted molar refractivity (Wildman–Crippen MR) is 50.9 cm³/mol. The van der Waals surface area contributed by atoms with Gasteiger partial charge in [0.05, 0.1) is 0 Å². The molecule has 1 aliphatic rings. The average molecular weight is 162 g/mol. The number of allylic oxidation sites excluding steroid dienone is 6. The van der Waals surface area contributed by atoms with Crippen LogP contribution in [0.15, 0.2) is 35.5 Å². The quantitative estimate of drug-likeness (QED) is 0.570. The minimum absolute atomic E-state index is 0.285. The SMILES string of the molecule is CC=CC=CC1=C(C)CCC1=O. The normalized spacial score (nSPS) is 19.0. The lowest BCUT2D eigenvalue weighted by Crippen LogP contribution is -1.91. The first kappa shape index (κ1) is 8.98. The van der Waals surface area contributed by atoms with Crippen molar-refractivity contribution >= 4 is 5.78 Å². The molecule has 1 nitrogen and oxygen atoms in total. The monoisotopic (exact) mass is 162 g/mol. The van der Waals surface area contributed by atoms with E-state index in [0.717, 1.165) is 12.0 Å². The molecule has 0 saturated carbocycles. The summed E-state index contributed by atoms with van der Waals surface area (Å²) >= 11 is 0. The number of hydrogen-bond acceptors (Lipinski definition) is 1. The molecule has 0 amide bonds. The molecule has 0 unspecified atom stereocenters. The predicted octanol–water partition coefficient (Wildman–Crippen LogP) is 2.80. The fourth-order valence-electron chi connectivity index (χ4n) is 1.31. The highest BCUT2D eigenvalue weighted by Gasteiger charge is 2.16. The van der Waals surface area contributed by atoms with E-state index in [4.69, 9.17) is 0 Å². The van der Waals surface area contributed by atoms with Crippen LogP contribution in [0.4, 0.5) is 0 Å². The van der Waals surface area contributed by atoms with Crippen LogP contribution in [0, 0.1) is 0 Å². The van der Waals surface area contributed by atoms with Crippen LogP contribution in [0.2, 0.25) is 0 Å². The number of carbonyl (C=O) groups excluding carboxylic acids is 1. The van der Waals surface area contributed by atoms with Crippen molar-refractivity contribution in [3.05, 3.63) is 35.5 Å². The van der Waals surface area contributed by atoms with Gasteiger partial charge in [-0.15, -0.1) is 0 Å². The van der Waals surface area contributed by atoms with Gasteiger partial charge >= 0.3 is 0 Å². The standard InChI is InChI=1S/C11H14O/c1-3-4-5-6-10-9(2)7-8-11(10)12/h3-6H,7-8H2,1-2H3. The van der Waals surface area contributed by atoms with Gasteiger partial charge in [-0.3, -0.25) is 4.79 Å². The van der Waals surface area contributed by atoms with Crippen LogP contribution in [0.5, 0.6) is 0 Å². The smallest absolute Gasteiger partial charge is 0.163 e. The molecule has 0 spiro atoms. The molecule has 1 aliphatic carbocycles. The molecule has 0 aromatic heterocycles. The van der Waals surface area contributed by atoms with Gasteiger partial charge in [0, 0.05) is 12.0 Å². The van der Waals surface area contributed by atoms with Crippen molar-refractivity contribution in [1.82, 2.24) is 0 Å². The Labute approximate surface area is 73.5 Å². The highest BCUT2D eigenvalue weighted by atomic mass is 16.1. The van der Waals surface area contributed by atoms with Crippen molar-refractivity contribution in [2.24, 2.45) is 0 Å². The van der Waals surface area contributed by atoms with E-state index in [0.29, 0.717) is 6.42 Å². The summed E-state index contributed by atoms with van der Waals surface area (Å²) < 4.78 is 0. The lowest BCUT2D eigenvalue weighted by atomic mass is 10.1. The Morgan fingerprint density at radius 1 is 1.25 bits per heavy atom. The molecule has 0 heterocycles. The summed E-state index contributed by atoms with van der Waals surface area (Å²) in [7, 11) is 0. The first-order valence-electron chi connectivity index (χ1n) is 4.28. The van der Waals surface area contributed by atoms with Crippen LogP contribution < -0.4 is 0 Å². The molecule has 1 heteroatoms. The van der Waals surface area contributed by atoms with E-state index in [1.165, 1.54) is 5.57 Å². The van der Waals surface area contributed by atoms with Crippen molar-refractivity contribution in [3.63, 3.8) is 0 Å². The van der Waals surface area contributed by atoms with Gasteiger partial charge in [-0.2, -0.15) is 0 Å². The van der Waals surface area contributed by atoms with Crippen LogP contribution in [0.3, 0.4) is 0 Å². The fourth-order valence-corrected chi connectivity index (χ4v) is 1.31. The molecule has 0 radical (unpaired) electrons. The third-order valence-corrected chi connectivity index (χ3v) is 2.05. The van der Waals surface area contributed by atoms with Crippen LogP contribution in [-0.4, -0.2) is 5.78 Å². The van der Waals surface area contributed by atoms with Crippen LogP contribution in [-0.2, 0) is 4.79 Å². The highest BCUT2D eigenvalue weighted by Crippen LogP contribution is 2.22. The lowest BCUT2D eigenvalue weighted by molar-refractivity contribution is -0.114. The van der Waals surface area contributed by atoms with E-state index >= 15 is 0 Å². The van der Waals surface area contributed by atoms with E-state index in [9.17, 15) is 4.79 Å². The summed E-state index contributed by atoms with van der Waals surface area (Å²) in [6.07, 6.45) is 9.35. The van der Waals surface area contributed by atoms with Gasteiger partial charge < -0.3 is 0 Å². The molecule has 0 aromatic rings. The number of carbonyl (C=O) groups is 1. The molecule has 0 aliphatic heterocycles. The maximum absolute atomic E-state index is 11.2. The first-order valence-corrected chi connectivity index (χ1v) is 4.28. The Balaban J connectivity index is 2.73. The summed E-state index contributed by atoms with van der Waals surface area (Å²) in [4.78, 5) is 11.2. The third kappa shape index (κ3) is 1.94. The summed E-state index contributed by atoms with van der Waals surface area (Å²) in [6, 6.07) is 0. The Morgan fingerprint density at radius 2 is 2.00 bits per heavy atom. The summed E-state index contributed by atoms with van der Waals surface area (Å²) in [5, 5.41) is 0. The maximum atomic E-state index is 11.2. The van der Waals surface area contributed by atoms with Gasteiger partial charge in [0.15, 0.2) is 5.78 Å². The van der Waals surface area contributed by atoms with E-state index in [1.807, 2.05) is 38.2 Å². The molecule has 12 heavy (non-hydrogen) atoms. The zero-order valence-corrected chi connectivity index (χ0v) is 7.63. The molecular weight excluding hydrogens is 148 g/mol. The number of hydrogen-bond donors (Lipinski definition) is 0. The fraction of sp³-hybridized carbons (Fsp3) is 0.364. The van der Waals surface area contributed by atoms with Crippen molar-refractivity contribution in [2.75, 3.05) is 0 Å². The minimum atomic E-state index is 0.285. The molecule has 0 aromatic carbocycles. The molecule has 0 bridgehead atoms. The highest BCUT2D eigenvalue weighted by molar-refractivity contribution is 6.01. The second-order valence-electron chi connectivity index (χ2n) is 3.00. The van der Waals surface area contributed by atoms with Gasteiger partial charge in [-0.25, -0.2) is 0 Å². The van der Waals surface area contributed by atoms with Crippen molar-refractivity contribution in [1.29, 1.82) is 0 Å². The molecule has 0 atom stereocenters. The van der Waals surface area contributed by atoms with Crippen LogP contribution >= 0.6 is 0 Å². The van der Waals surface area contributed by atoms with Crippen molar-refractivity contribution in [2.45, 2.75) is 26.7 Å². The number of Topliss-reactive ketones (excluding diaryl/α,β-unsaturated/α-hetero) is 1. The van der Waals surface area contributed by atoms with Crippen molar-refractivity contribution in [3.8, 4) is 0 Å². The molecule has 0 saturated heterocycles. The van der Waals surface area contributed by atoms with Gasteiger partial charge in [0.2, 0.25) is 0 Å². The second-order valence-corrected chi connectivity index (χ2v) is 3.00. The Kier molecular flexibility index (Phi) is 3.03. The van der Waals surface area contributed by atoms with Gasteiger partial charge in [-0.1, -0.05) is 29.9 Å². The molecular formula is C11H14O. The molecule has 0 N–H and O–H groups in total. The molecule has 0 fully saturated rings. The Morgan fingerprint density at radius 3 is 2.50 bits per heavy atom. The maximum Gasteiger partial charge on any atom is 0.163 e. The van der Waals surface area contributed by atoms with Crippen molar-refractivity contribution < 1.29 is 4.79 Å². The topological polar surface area (TPSA) is 17.1 Å². The number of ketones is 1. The van der Waals surface area contributed by atoms with E-state index in [-0.39, 0.29) is 5.78 Å². The zero-order chi connectivity index (χ0) is 8.97. The van der Waals surface area contributed by atoms with E-state index in [2.05, 4.69) is 0 Å². The summed E-state index contributed by atoms with van der Waals surface area (Å²) in [5.41, 5.74) is 2.13. The van der Waals surface area contributed by atoms with Gasteiger partial charge in [0.1, 0.15) is 0 Å². The summed E-state index contributed by atoms with van der Waals surface area (Å²) in [5.74, 6) is 0.285. The van der Waals surface area contributed by atoms with Gasteiger partial charge in [-0.05, 0) is 20.3 Å². The minimum Gasteiger partial charge on any atom is -0.294 e. The Hall–Kier alpha value is -1.11. The van der Waals surface area contributed by atoms with Crippen LogP contribution in [0.1, 0.15) is 26.7 Å². The Bertz CT molecular complexity index is 267. The van der Waals surface area contributed by atoms with Crippen LogP contribution in [0.25, 0.3) is 0 Å². The zero-order valence-electron chi connectivity index (χ0n) is 7.63. The largest absolute Gasteiger partial charge is 0.294 e. The summed E-state index contributed by atoms with van der Waals surface area (Å²) in [6.45, 7) is 3.99. The molecule has 1 rings (SSSR count). The average Bonchev–Trinajstić information content (AvgIpc) is 2.35. The number of rotatable bonds is 2. The molecule has 64 valence electrons. The van der Waals surface area contributed by atoms with E-state index in [1.54, 1.807) is 0 Å². The third-order valence-electron chi connectivity index (χ3n) is 2.05. The second kappa shape index (κ2) is 4.05.